The van der Waals surface area contributed by atoms with Crippen LogP contribution < -0.4 is 4.74 Å². The van der Waals surface area contributed by atoms with Gasteiger partial charge in [0.2, 0.25) is 5.91 Å². The lowest BCUT2D eigenvalue weighted by Crippen LogP contribution is -2.52. The minimum Gasteiger partial charge on any atom is -0.496 e. The van der Waals surface area contributed by atoms with Crippen LogP contribution in [0.3, 0.4) is 0 Å². The molecule has 148 valence electrons. The van der Waals surface area contributed by atoms with E-state index in [0.29, 0.717) is 6.04 Å². The smallest absolute Gasteiger partial charge is 0.219 e. The first-order valence-electron chi connectivity index (χ1n) is 9.97. The lowest BCUT2D eigenvalue weighted by molar-refractivity contribution is -0.133. The van der Waals surface area contributed by atoms with Gasteiger partial charge in [0.05, 0.1) is 13.2 Å². The molecule has 2 aromatic carbocycles. The lowest BCUT2D eigenvalue weighted by Gasteiger charge is -2.41. The standard InChI is InChI=1S/C23H27FN2O2/c1-16(27)26-13-5-7-21-23(26)20(17-9-11-19(24)12-10-17)15-25(21)14-18-6-3-4-8-22(18)28-2/h3-4,6,8-12,20-21,23H,5,7,13-15H2,1-2H3/t20-,21-,23-/m1/s1. The molecule has 0 aliphatic carbocycles. The molecule has 0 bridgehead atoms. The number of hydrogen-bond donors (Lipinski definition) is 0. The summed E-state index contributed by atoms with van der Waals surface area (Å²) in [6.07, 6.45) is 2.08. The molecule has 4 nitrogen and oxygen atoms in total. The Morgan fingerprint density at radius 2 is 1.93 bits per heavy atom. The fraction of sp³-hybridized carbons (Fsp3) is 0.435. The van der Waals surface area contributed by atoms with Gasteiger partial charge in [-0.15, -0.1) is 0 Å². The van der Waals surface area contributed by atoms with Crippen molar-refractivity contribution in [2.45, 2.75) is 44.3 Å². The minimum absolute atomic E-state index is 0.126. The van der Waals surface area contributed by atoms with Crippen LogP contribution in [-0.4, -0.2) is 48.0 Å². The van der Waals surface area contributed by atoms with Crippen molar-refractivity contribution < 1.29 is 13.9 Å². The predicted molar refractivity (Wildman–Crippen MR) is 107 cm³/mol. The fourth-order valence-corrected chi connectivity index (χ4v) is 4.99. The van der Waals surface area contributed by atoms with E-state index < -0.39 is 0 Å². The van der Waals surface area contributed by atoms with Crippen LogP contribution in [0.15, 0.2) is 48.5 Å². The molecule has 0 saturated carbocycles. The molecule has 0 unspecified atom stereocenters. The molecule has 1 amide bonds. The summed E-state index contributed by atoms with van der Waals surface area (Å²) < 4.78 is 19.0. The Labute approximate surface area is 165 Å². The quantitative estimate of drug-likeness (QED) is 0.806. The van der Waals surface area contributed by atoms with E-state index in [2.05, 4.69) is 11.0 Å². The highest BCUT2D eigenvalue weighted by atomic mass is 19.1. The van der Waals surface area contributed by atoms with Crippen molar-refractivity contribution in [1.82, 2.24) is 9.80 Å². The SMILES string of the molecule is COc1ccccc1CN1C[C@H](c2ccc(F)cc2)[C@@H]2[C@H]1CCCN2C(C)=O. The highest BCUT2D eigenvalue weighted by molar-refractivity contribution is 5.74. The highest BCUT2D eigenvalue weighted by Crippen LogP contribution is 2.41. The van der Waals surface area contributed by atoms with E-state index in [1.54, 1.807) is 14.0 Å². The van der Waals surface area contributed by atoms with Gasteiger partial charge in [-0.2, -0.15) is 0 Å². The van der Waals surface area contributed by atoms with Crippen LogP contribution in [-0.2, 0) is 11.3 Å². The second-order valence-corrected chi connectivity index (χ2v) is 7.81. The van der Waals surface area contributed by atoms with Crippen molar-refractivity contribution in [3.05, 3.63) is 65.5 Å². The zero-order valence-corrected chi connectivity index (χ0v) is 16.5. The van der Waals surface area contributed by atoms with Crippen LogP contribution in [0.2, 0.25) is 0 Å². The van der Waals surface area contributed by atoms with Crippen LogP contribution >= 0.6 is 0 Å². The van der Waals surface area contributed by atoms with Gasteiger partial charge in [0.25, 0.3) is 0 Å². The Balaban J connectivity index is 1.67. The lowest BCUT2D eigenvalue weighted by atomic mass is 9.86. The molecule has 0 N–H and O–H groups in total. The predicted octanol–water partition coefficient (Wildman–Crippen LogP) is 3.81. The number of carbonyl (C=O) groups is 1. The molecule has 2 aromatic rings. The number of methoxy groups -OCH3 is 1. The number of para-hydroxylation sites is 1. The topological polar surface area (TPSA) is 32.8 Å². The van der Waals surface area contributed by atoms with E-state index in [-0.39, 0.29) is 23.7 Å². The van der Waals surface area contributed by atoms with Crippen molar-refractivity contribution in [1.29, 1.82) is 0 Å². The zero-order chi connectivity index (χ0) is 19.7. The number of ether oxygens (including phenoxy) is 1. The molecule has 2 heterocycles. The third-order valence-electron chi connectivity index (χ3n) is 6.23. The van der Waals surface area contributed by atoms with E-state index in [9.17, 15) is 9.18 Å². The first-order chi connectivity index (χ1) is 13.6. The van der Waals surface area contributed by atoms with E-state index in [0.717, 1.165) is 49.4 Å². The number of rotatable bonds is 4. The average Bonchev–Trinajstić information content (AvgIpc) is 3.07. The van der Waals surface area contributed by atoms with Gasteiger partial charge >= 0.3 is 0 Å². The first kappa shape index (κ1) is 18.9. The number of halogens is 1. The highest BCUT2D eigenvalue weighted by Gasteiger charge is 2.47. The Morgan fingerprint density at radius 3 is 2.64 bits per heavy atom. The minimum atomic E-state index is -0.226. The van der Waals surface area contributed by atoms with E-state index in [1.807, 2.05) is 35.2 Å². The Bertz CT molecular complexity index is 839. The second-order valence-electron chi connectivity index (χ2n) is 7.81. The van der Waals surface area contributed by atoms with Crippen LogP contribution in [0.25, 0.3) is 0 Å². The van der Waals surface area contributed by atoms with Crippen LogP contribution in [0.5, 0.6) is 5.75 Å². The molecular formula is C23H27FN2O2. The maximum absolute atomic E-state index is 13.5. The molecule has 28 heavy (non-hydrogen) atoms. The molecule has 0 spiro atoms. The monoisotopic (exact) mass is 382 g/mol. The van der Waals surface area contributed by atoms with Crippen molar-refractivity contribution in [2.24, 2.45) is 0 Å². The van der Waals surface area contributed by atoms with E-state index in [4.69, 9.17) is 4.74 Å². The van der Waals surface area contributed by atoms with Gasteiger partial charge in [0.1, 0.15) is 11.6 Å². The summed E-state index contributed by atoms with van der Waals surface area (Å²) in [5, 5.41) is 0. The molecule has 0 aromatic heterocycles. The Kier molecular flexibility index (Phi) is 5.36. The molecular weight excluding hydrogens is 355 g/mol. The zero-order valence-electron chi connectivity index (χ0n) is 16.5. The van der Waals surface area contributed by atoms with Crippen LogP contribution in [0.1, 0.15) is 36.8 Å². The molecule has 4 rings (SSSR count). The molecule has 2 saturated heterocycles. The summed E-state index contributed by atoms with van der Waals surface area (Å²) in [5.74, 6) is 0.977. The third kappa shape index (κ3) is 3.51. The van der Waals surface area contributed by atoms with Crippen molar-refractivity contribution >= 4 is 5.91 Å². The van der Waals surface area contributed by atoms with Gasteiger partial charge in [0, 0.05) is 44.1 Å². The number of fused-ring (bicyclic) bond motifs is 1. The van der Waals surface area contributed by atoms with Crippen LogP contribution in [0, 0.1) is 5.82 Å². The van der Waals surface area contributed by atoms with E-state index in [1.165, 1.54) is 12.1 Å². The van der Waals surface area contributed by atoms with Crippen LogP contribution in [0.4, 0.5) is 4.39 Å². The van der Waals surface area contributed by atoms with Crippen molar-refractivity contribution in [2.75, 3.05) is 20.2 Å². The number of carbonyl (C=O) groups excluding carboxylic acids is 1. The normalized spacial score (nSPS) is 24.8. The largest absolute Gasteiger partial charge is 0.496 e. The summed E-state index contributed by atoms with van der Waals surface area (Å²) in [4.78, 5) is 16.9. The van der Waals surface area contributed by atoms with Gasteiger partial charge in [-0.05, 0) is 36.6 Å². The molecule has 5 heteroatoms. The number of nitrogens with zero attached hydrogens (tertiary/aromatic N) is 2. The molecule has 2 fully saturated rings. The van der Waals surface area contributed by atoms with Gasteiger partial charge in [-0.3, -0.25) is 9.69 Å². The maximum Gasteiger partial charge on any atom is 0.219 e. The third-order valence-corrected chi connectivity index (χ3v) is 6.23. The summed E-state index contributed by atoms with van der Waals surface area (Å²) in [6, 6.07) is 15.3. The fourth-order valence-electron chi connectivity index (χ4n) is 4.99. The van der Waals surface area contributed by atoms with E-state index >= 15 is 0 Å². The number of benzene rings is 2. The summed E-state index contributed by atoms with van der Waals surface area (Å²) in [6.45, 7) is 4.10. The molecule has 2 aliphatic heterocycles. The molecule has 2 aliphatic rings. The second kappa shape index (κ2) is 7.92. The number of amides is 1. The summed E-state index contributed by atoms with van der Waals surface area (Å²) in [7, 11) is 1.70. The Hall–Kier alpha value is -2.40. The maximum atomic E-state index is 13.5. The van der Waals surface area contributed by atoms with Crippen molar-refractivity contribution in [3.63, 3.8) is 0 Å². The summed E-state index contributed by atoms with van der Waals surface area (Å²) in [5.41, 5.74) is 2.26. The van der Waals surface area contributed by atoms with Gasteiger partial charge < -0.3 is 9.64 Å². The van der Waals surface area contributed by atoms with Crippen molar-refractivity contribution in [3.8, 4) is 5.75 Å². The number of likely N-dealkylation sites (tertiary alicyclic amines) is 2. The number of piperidine rings is 1. The average molecular weight is 382 g/mol. The Morgan fingerprint density at radius 1 is 1.18 bits per heavy atom. The molecule has 0 radical (unpaired) electrons. The van der Waals surface area contributed by atoms with Gasteiger partial charge in [-0.25, -0.2) is 4.39 Å². The summed E-state index contributed by atoms with van der Waals surface area (Å²) >= 11 is 0. The van der Waals surface area contributed by atoms with Gasteiger partial charge in [-0.1, -0.05) is 30.3 Å². The molecule has 3 atom stereocenters. The van der Waals surface area contributed by atoms with Gasteiger partial charge in [0.15, 0.2) is 0 Å². The number of hydrogen-bond acceptors (Lipinski definition) is 3. The first-order valence-corrected chi connectivity index (χ1v) is 9.97.